The van der Waals surface area contributed by atoms with Gasteiger partial charge in [0, 0.05) is 16.1 Å². The van der Waals surface area contributed by atoms with Crippen molar-refractivity contribution in [3.63, 3.8) is 0 Å². The zero-order chi connectivity index (χ0) is 19.1. The maximum absolute atomic E-state index is 13.3. The minimum Gasteiger partial charge on any atom is -0.382 e. The molecule has 2 aromatic carbocycles. The van der Waals surface area contributed by atoms with E-state index in [1.54, 1.807) is 24.3 Å². The molecule has 0 fully saturated rings. The van der Waals surface area contributed by atoms with E-state index in [1.807, 2.05) is 19.1 Å². The van der Waals surface area contributed by atoms with Crippen molar-refractivity contribution in [3.8, 4) is 28.5 Å². The smallest absolute Gasteiger partial charge is 0.166 e. The van der Waals surface area contributed by atoms with Crippen LogP contribution in [0.3, 0.4) is 0 Å². The lowest BCUT2D eigenvalue weighted by Gasteiger charge is -2.09. The maximum Gasteiger partial charge on any atom is 0.166 e. The van der Waals surface area contributed by atoms with E-state index in [9.17, 15) is 9.65 Å². The number of halogens is 2. The minimum atomic E-state index is -0.367. The highest BCUT2D eigenvalue weighted by atomic mass is 35.5. The SMILES string of the molecule is Cc1nn2c(N)c(C#N)c(-c3ccc(F)cc3)nc2c1-c1ccc(Cl)cc1. The minimum absolute atomic E-state index is 0.185. The molecule has 0 saturated carbocycles. The van der Waals surface area contributed by atoms with Crippen LogP contribution >= 0.6 is 11.6 Å². The first-order chi connectivity index (χ1) is 13.0. The molecule has 0 aliphatic heterocycles. The summed E-state index contributed by atoms with van der Waals surface area (Å²) in [6.45, 7) is 1.85. The third-order valence-electron chi connectivity index (χ3n) is 4.34. The van der Waals surface area contributed by atoms with E-state index in [4.69, 9.17) is 17.3 Å². The van der Waals surface area contributed by atoms with Gasteiger partial charge >= 0.3 is 0 Å². The van der Waals surface area contributed by atoms with Gasteiger partial charge in [0.1, 0.15) is 23.3 Å². The number of hydrogen-bond donors (Lipinski definition) is 1. The van der Waals surface area contributed by atoms with Crippen molar-refractivity contribution in [3.05, 3.63) is 70.6 Å². The molecule has 0 aliphatic carbocycles. The van der Waals surface area contributed by atoms with Crippen LogP contribution in [0.1, 0.15) is 11.3 Å². The molecule has 0 atom stereocenters. The van der Waals surface area contributed by atoms with Crippen molar-refractivity contribution < 1.29 is 4.39 Å². The molecule has 5 nitrogen and oxygen atoms in total. The number of fused-ring (bicyclic) bond motifs is 1. The number of nitrogen functional groups attached to an aromatic ring is 1. The largest absolute Gasteiger partial charge is 0.382 e. The molecule has 132 valence electrons. The van der Waals surface area contributed by atoms with Gasteiger partial charge in [-0.2, -0.15) is 14.9 Å². The van der Waals surface area contributed by atoms with Crippen LogP contribution in [0.5, 0.6) is 0 Å². The molecule has 0 bridgehead atoms. The van der Waals surface area contributed by atoms with Gasteiger partial charge < -0.3 is 5.73 Å². The number of benzene rings is 2. The Morgan fingerprint density at radius 2 is 1.70 bits per heavy atom. The highest BCUT2D eigenvalue weighted by Gasteiger charge is 2.20. The van der Waals surface area contributed by atoms with Crippen LogP contribution in [-0.2, 0) is 0 Å². The average Bonchev–Trinajstić information content (AvgIpc) is 2.99. The van der Waals surface area contributed by atoms with Crippen LogP contribution in [0.25, 0.3) is 28.0 Å². The lowest BCUT2D eigenvalue weighted by Crippen LogP contribution is -2.06. The van der Waals surface area contributed by atoms with Gasteiger partial charge in [-0.3, -0.25) is 0 Å². The van der Waals surface area contributed by atoms with Gasteiger partial charge in [-0.05, 0) is 48.9 Å². The Morgan fingerprint density at radius 3 is 2.33 bits per heavy atom. The van der Waals surface area contributed by atoms with Crippen molar-refractivity contribution in [2.75, 3.05) is 5.73 Å². The van der Waals surface area contributed by atoms with Crippen molar-refractivity contribution in [2.45, 2.75) is 6.92 Å². The summed E-state index contributed by atoms with van der Waals surface area (Å²) in [5, 5.41) is 14.7. The molecule has 2 aromatic heterocycles. The summed E-state index contributed by atoms with van der Waals surface area (Å²) in [4.78, 5) is 4.67. The molecule has 4 rings (SSSR count). The molecule has 0 amide bonds. The fraction of sp³-hybridized carbons (Fsp3) is 0.0500. The Morgan fingerprint density at radius 1 is 1.07 bits per heavy atom. The summed E-state index contributed by atoms with van der Waals surface area (Å²) in [7, 11) is 0. The van der Waals surface area contributed by atoms with Gasteiger partial charge in [-0.1, -0.05) is 23.7 Å². The number of rotatable bonds is 2. The van der Waals surface area contributed by atoms with E-state index in [1.165, 1.54) is 16.6 Å². The number of aryl methyl sites for hydroxylation is 1. The fourth-order valence-electron chi connectivity index (χ4n) is 3.06. The number of nitriles is 1. The third kappa shape index (κ3) is 2.78. The Kier molecular flexibility index (Phi) is 4.02. The van der Waals surface area contributed by atoms with Gasteiger partial charge in [-0.15, -0.1) is 0 Å². The summed E-state index contributed by atoms with van der Waals surface area (Å²) in [6.07, 6.45) is 0. The fourth-order valence-corrected chi connectivity index (χ4v) is 3.18. The first kappa shape index (κ1) is 17.0. The zero-order valence-corrected chi connectivity index (χ0v) is 15.0. The van der Waals surface area contributed by atoms with Crippen LogP contribution in [0.4, 0.5) is 10.2 Å². The monoisotopic (exact) mass is 377 g/mol. The Bertz CT molecular complexity index is 1200. The van der Waals surface area contributed by atoms with E-state index in [-0.39, 0.29) is 17.2 Å². The molecule has 0 unspecified atom stereocenters. The second kappa shape index (κ2) is 6.38. The Hall–Kier alpha value is -3.43. The van der Waals surface area contributed by atoms with Crippen LogP contribution in [0.15, 0.2) is 48.5 Å². The van der Waals surface area contributed by atoms with Crippen LogP contribution < -0.4 is 5.73 Å². The third-order valence-corrected chi connectivity index (χ3v) is 4.59. The van der Waals surface area contributed by atoms with E-state index < -0.39 is 0 Å². The van der Waals surface area contributed by atoms with Gasteiger partial charge in [0.05, 0.1) is 11.4 Å². The van der Waals surface area contributed by atoms with Gasteiger partial charge in [-0.25, -0.2) is 9.37 Å². The Labute approximate surface area is 159 Å². The lowest BCUT2D eigenvalue weighted by molar-refractivity contribution is 0.628. The molecule has 0 radical (unpaired) electrons. The van der Waals surface area contributed by atoms with Crippen molar-refractivity contribution >= 4 is 23.1 Å². The summed E-state index contributed by atoms with van der Waals surface area (Å²) in [5.41, 5.74) is 10.3. The van der Waals surface area contributed by atoms with Crippen LogP contribution in [0, 0.1) is 24.1 Å². The molecule has 0 spiro atoms. The molecule has 2 N–H and O–H groups in total. The predicted molar refractivity (Wildman–Crippen MR) is 103 cm³/mol. The predicted octanol–water partition coefficient (Wildman–Crippen LogP) is 4.62. The first-order valence-electron chi connectivity index (χ1n) is 8.10. The zero-order valence-electron chi connectivity index (χ0n) is 14.2. The number of aromatic nitrogens is 3. The number of anilines is 1. The number of hydrogen-bond acceptors (Lipinski definition) is 4. The van der Waals surface area contributed by atoms with Gasteiger partial charge in [0.15, 0.2) is 5.65 Å². The van der Waals surface area contributed by atoms with Gasteiger partial charge in [0.2, 0.25) is 0 Å². The number of nitrogens with two attached hydrogens (primary N) is 1. The maximum atomic E-state index is 13.3. The van der Waals surface area contributed by atoms with E-state index in [0.717, 1.165) is 16.8 Å². The standard InChI is InChI=1S/C20H13ClFN5/c1-11-17(12-2-6-14(21)7-3-12)20-25-18(13-4-8-15(22)9-5-13)16(10-23)19(24)27(20)26-11/h2-9H,24H2,1H3. The molecule has 0 aliphatic rings. The highest BCUT2D eigenvalue weighted by Crippen LogP contribution is 2.33. The summed E-state index contributed by atoms with van der Waals surface area (Å²) >= 11 is 5.99. The molecular weight excluding hydrogens is 365 g/mol. The Balaban J connectivity index is 2.05. The number of nitrogens with zero attached hydrogens (tertiary/aromatic N) is 4. The highest BCUT2D eigenvalue weighted by molar-refractivity contribution is 6.30. The van der Waals surface area contributed by atoms with Crippen LogP contribution in [-0.4, -0.2) is 14.6 Å². The quantitative estimate of drug-likeness (QED) is 0.552. The second-order valence-corrected chi connectivity index (χ2v) is 6.48. The van der Waals surface area contributed by atoms with E-state index in [0.29, 0.717) is 21.9 Å². The molecule has 0 saturated heterocycles. The molecule has 7 heteroatoms. The molecule has 2 heterocycles. The summed E-state index contributed by atoms with van der Waals surface area (Å²) in [6, 6.07) is 15.2. The van der Waals surface area contributed by atoms with Crippen molar-refractivity contribution in [1.82, 2.24) is 14.6 Å². The molecule has 27 heavy (non-hydrogen) atoms. The molecule has 4 aromatic rings. The normalized spacial score (nSPS) is 10.9. The summed E-state index contributed by atoms with van der Waals surface area (Å²) in [5.74, 6) is -0.182. The lowest BCUT2D eigenvalue weighted by atomic mass is 10.0. The van der Waals surface area contributed by atoms with E-state index in [2.05, 4.69) is 16.2 Å². The average molecular weight is 378 g/mol. The van der Waals surface area contributed by atoms with E-state index >= 15 is 0 Å². The molecular formula is C20H13ClFN5. The first-order valence-corrected chi connectivity index (χ1v) is 8.48. The van der Waals surface area contributed by atoms with Crippen LogP contribution in [0.2, 0.25) is 5.02 Å². The van der Waals surface area contributed by atoms with Crippen molar-refractivity contribution in [1.29, 1.82) is 5.26 Å². The summed E-state index contributed by atoms with van der Waals surface area (Å²) < 4.78 is 14.8. The van der Waals surface area contributed by atoms with Crippen molar-refractivity contribution in [2.24, 2.45) is 0 Å². The van der Waals surface area contributed by atoms with Gasteiger partial charge in [0.25, 0.3) is 0 Å². The second-order valence-electron chi connectivity index (χ2n) is 6.04. The topological polar surface area (TPSA) is 80.0 Å².